The van der Waals surface area contributed by atoms with Gasteiger partial charge in [-0.15, -0.1) is 0 Å². The summed E-state index contributed by atoms with van der Waals surface area (Å²) < 4.78 is 37.5. The van der Waals surface area contributed by atoms with Crippen LogP contribution in [0.4, 0.5) is 13.2 Å². The van der Waals surface area contributed by atoms with Crippen molar-refractivity contribution in [3.63, 3.8) is 0 Å². The molecule has 78 valence electrons. The smallest absolute Gasteiger partial charge is 0.327 e. The predicted molar refractivity (Wildman–Crippen MR) is 45.4 cm³/mol. The monoisotopic (exact) mass is 205 g/mol. The lowest BCUT2D eigenvalue weighted by Crippen LogP contribution is -2.03. The number of hydrogen-bond acceptors (Lipinski definition) is 2. The van der Waals surface area contributed by atoms with E-state index in [2.05, 4.69) is 5.10 Å². The highest BCUT2D eigenvalue weighted by Gasteiger charge is 2.31. The van der Waals surface area contributed by atoms with Crippen LogP contribution >= 0.6 is 0 Å². The van der Waals surface area contributed by atoms with Crippen molar-refractivity contribution in [3.8, 4) is 0 Å². The Morgan fingerprint density at radius 2 is 2.14 bits per heavy atom. The van der Waals surface area contributed by atoms with Gasteiger partial charge in [0.05, 0.1) is 18.3 Å². The lowest BCUT2D eigenvalue weighted by molar-refractivity contribution is -0.137. The van der Waals surface area contributed by atoms with E-state index in [-0.39, 0.29) is 0 Å². The summed E-state index contributed by atoms with van der Waals surface area (Å²) in [5, 5.41) is 3.56. The van der Waals surface area contributed by atoms with Gasteiger partial charge in [0.25, 0.3) is 0 Å². The van der Waals surface area contributed by atoms with E-state index in [0.29, 0.717) is 13.1 Å². The van der Waals surface area contributed by atoms with E-state index < -0.39 is 11.7 Å². The topological polar surface area (TPSA) is 43.8 Å². The second-order valence-electron chi connectivity index (χ2n) is 2.66. The molecule has 0 radical (unpaired) electrons. The number of nitrogens with two attached hydrogens (primary N) is 1. The van der Waals surface area contributed by atoms with E-state index in [4.69, 9.17) is 5.73 Å². The lowest BCUT2D eigenvalue weighted by Gasteiger charge is -2.00. The maximum atomic E-state index is 12.1. The highest BCUT2D eigenvalue weighted by atomic mass is 19.4. The molecule has 0 amide bonds. The second-order valence-corrected chi connectivity index (χ2v) is 2.66. The molecule has 1 heterocycles. The molecule has 6 heteroatoms. The third-order valence-corrected chi connectivity index (χ3v) is 1.56. The van der Waals surface area contributed by atoms with Crippen molar-refractivity contribution in [1.29, 1.82) is 0 Å². The molecule has 0 bridgehead atoms. The fourth-order valence-electron chi connectivity index (χ4n) is 0.889. The minimum atomic E-state index is -4.32. The Hall–Kier alpha value is -1.30. The molecule has 3 nitrogen and oxygen atoms in total. The van der Waals surface area contributed by atoms with Gasteiger partial charge in [0.2, 0.25) is 0 Å². The molecule has 1 rings (SSSR count). The van der Waals surface area contributed by atoms with Crippen molar-refractivity contribution in [3.05, 3.63) is 30.1 Å². The Morgan fingerprint density at radius 3 is 2.64 bits per heavy atom. The van der Waals surface area contributed by atoms with E-state index in [9.17, 15) is 13.2 Å². The average molecular weight is 205 g/mol. The molecule has 0 aliphatic rings. The van der Waals surface area contributed by atoms with E-state index in [1.165, 1.54) is 4.68 Å². The molecule has 0 unspecified atom stereocenters. The van der Waals surface area contributed by atoms with Gasteiger partial charge in [-0.25, -0.2) is 0 Å². The third kappa shape index (κ3) is 2.88. The van der Waals surface area contributed by atoms with Crippen molar-refractivity contribution in [2.75, 3.05) is 6.54 Å². The molecule has 0 aliphatic heterocycles. The first-order valence-electron chi connectivity index (χ1n) is 3.99. The second kappa shape index (κ2) is 4.28. The minimum absolute atomic E-state index is 0.299. The molecule has 2 N–H and O–H groups in total. The fraction of sp³-hybridized carbons (Fsp3) is 0.375. The predicted octanol–water partition coefficient (Wildman–Crippen LogP) is 1.42. The van der Waals surface area contributed by atoms with Crippen LogP contribution in [0.15, 0.2) is 24.5 Å². The molecule has 1 aromatic heterocycles. The summed E-state index contributed by atoms with van der Waals surface area (Å²) in [6.07, 6.45) is 0.759. The summed E-state index contributed by atoms with van der Waals surface area (Å²) in [4.78, 5) is 0. The van der Waals surface area contributed by atoms with Gasteiger partial charge in [-0.05, 0) is 0 Å². The van der Waals surface area contributed by atoms with Gasteiger partial charge in [-0.3, -0.25) is 4.68 Å². The fourth-order valence-corrected chi connectivity index (χ4v) is 0.889. The summed E-state index contributed by atoms with van der Waals surface area (Å²) in [5.41, 5.74) is 4.43. The first-order chi connectivity index (χ1) is 6.54. The molecule has 1 aromatic rings. The number of aromatic nitrogens is 2. The Kier molecular flexibility index (Phi) is 3.29. The first kappa shape index (κ1) is 10.8. The van der Waals surface area contributed by atoms with E-state index in [0.717, 1.165) is 12.4 Å². The molecule has 0 saturated heterocycles. The molecule has 0 atom stereocenters. The molecular weight excluding hydrogens is 195 g/mol. The number of allylic oxidation sites excluding steroid dienone is 1. The van der Waals surface area contributed by atoms with Crippen molar-refractivity contribution in [2.24, 2.45) is 5.73 Å². The standard InChI is InChI=1S/C8H10F3N3/c9-8(10,11)7-5-13-14(6-7)4-2-1-3-12/h1-2,5-6H,3-4,12H2. The van der Waals surface area contributed by atoms with Gasteiger partial charge in [0, 0.05) is 12.7 Å². The number of halogens is 3. The first-order valence-corrected chi connectivity index (χ1v) is 3.99. The van der Waals surface area contributed by atoms with E-state index in [1.54, 1.807) is 12.2 Å². The summed E-state index contributed by atoms with van der Waals surface area (Å²) in [6, 6.07) is 0. The Labute approximate surface area is 79.0 Å². The van der Waals surface area contributed by atoms with Gasteiger partial charge in [0.1, 0.15) is 0 Å². The van der Waals surface area contributed by atoms with Crippen molar-refractivity contribution < 1.29 is 13.2 Å². The summed E-state index contributed by atoms with van der Waals surface area (Å²) >= 11 is 0. The van der Waals surface area contributed by atoms with Crippen LogP contribution < -0.4 is 5.73 Å². The lowest BCUT2D eigenvalue weighted by atomic mass is 10.3. The molecule has 14 heavy (non-hydrogen) atoms. The third-order valence-electron chi connectivity index (χ3n) is 1.56. The van der Waals surface area contributed by atoms with Crippen LogP contribution in [0, 0.1) is 0 Å². The van der Waals surface area contributed by atoms with E-state index >= 15 is 0 Å². The Morgan fingerprint density at radius 1 is 1.43 bits per heavy atom. The van der Waals surface area contributed by atoms with Gasteiger partial charge >= 0.3 is 6.18 Å². The number of alkyl halides is 3. The van der Waals surface area contributed by atoms with Crippen LogP contribution in [0.1, 0.15) is 5.56 Å². The number of hydrogen-bond donors (Lipinski definition) is 1. The van der Waals surface area contributed by atoms with Crippen molar-refractivity contribution in [2.45, 2.75) is 12.7 Å². The van der Waals surface area contributed by atoms with Gasteiger partial charge in [0.15, 0.2) is 0 Å². The number of rotatable bonds is 3. The molecule has 0 saturated carbocycles. The number of nitrogens with zero attached hydrogens (tertiary/aromatic N) is 2. The zero-order chi connectivity index (χ0) is 10.6. The minimum Gasteiger partial charge on any atom is -0.327 e. The summed E-state index contributed by atoms with van der Waals surface area (Å²) in [6.45, 7) is 0.667. The summed E-state index contributed by atoms with van der Waals surface area (Å²) in [7, 11) is 0. The van der Waals surface area contributed by atoms with Gasteiger partial charge in [-0.1, -0.05) is 12.2 Å². The van der Waals surface area contributed by atoms with Crippen LogP contribution in [0.5, 0.6) is 0 Å². The summed E-state index contributed by atoms with van der Waals surface area (Å²) in [5.74, 6) is 0. The maximum absolute atomic E-state index is 12.1. The Bertz CT molecular complexity index is 314. The van der Waals surface area contributed by atoms with Crippen LogP contribution in [-0.2, 0) is 12.7 Å². The molecule has 0 fully saturated rings. The van der Waals surface area contributed by atoms with Crippen molar-refractivity contribution >= 4 is 0 Å². The zero-order valence-corrected chi connectivity index (χ0v) is 7.33. The highest BCUT2D eigenvalue weighted by Crippen LogP contribution is 2.28. The Balaban J connectivity index is 2.64. The zero-order valence-electron chi connectivity index (χ0n) is 7.33. The normalized spacial score (nSPS) is 12.6. The SMILES string of the molecule is NCC=CCn1cc(C(F)(F)F)cn1. The molecule has 0 aromatic carbocycles. The van der Waals surface area contributed by atoms with Crippen molar-refractivity contribution in [1.82, 2.24) is 9.78 Å². The van der Waals surface area contributed by atoms with Crippen LogP contribution in [0.3, 0.4) is 0 Å². The van der Waals surface area contributed by atoms with Gasteiger partial charge < -0.3 is 5.73 Å². The van der Waals surface area contributed by atoms with Gasteiger partial charge in [-0.2, -0.15) is 18.3 Å². The quantitative estimate of drug-likeness (QED) is 0.758. The van der Waals surface area contributed by atoms with Crippen LogP contribution in [0.2, 0.25) is 0 Å². The average Bonchev–Trinajstić information content (AvgIpc) is 2.52. The van der Waals surface area contributed by atoms with Crippen LogP contribution in [0.25, 0.3) is 0 Å². The maximum Gasteiger partial charge on any atom is 0.419 e. The largest absolute Gasteiger partial charge is 0.419 e. The molecule has 0 aliphatic carbocycles. The molecule has 0 spiro atoms. The highest BCUT2D eigenvalue weighted by molar-refractivity contribution is 5.08. The van der Waals surface area contributed by atoms with Crippen LogP contribution in [-0.4, -0.2) is 16.3 Å². The molecular formula is C8H10F3N3. The van der Waals surface area contributed by atoms with E-state index in [1.807, 2.05) is 0 Å².